The van der Waals surface area contributed by atoms with Crippen LogP contribution in [0.3, 0.4) is 0 Å². The molecule has 1 aliphatic carbocycles. The van der Waals surface area contributed by atoms with Crippen LogP contribution in [0.15, 0.2) is 18.5 Å². The molecule has 1 fully saturated rings. The Kier molecular flexibility index (Phi) is 2.47. The maximum atomic E-state index is 11.2. The summed E-state index contributed by atoms with van der Waals surface area (Å²) in [6, 6.07) is 1.70. The predicted octanol–water partition coefficient (Wildman–Crippen LogP) is 2.27. The number of fused-ring (bicyclic) bond motifs is 1. The Hall–Kier alpha value is -2.04. The molecular weight excluding hydrogens is 232 g/mol. The lowest BCUT2D eigenvalue weighted by atomic mass is 9.96. The summed E-state index contributed by atoms with van der Waals surface area (Å²) in [7, 11) is 0. The molecule has 0 saturated heterocycles. The third-order valence-corrected chi connectivity index (χ3v) is 3.25. The fourth-order valence-electron chi connectivity index (χ4n) is 2.07. The van der Waals surface area contributed by atoms with E-state index in [1.165, 1.54) is 0 Å². The molecule has 0 atom stereocenters. The number of aromatic nitrogens is 2. The van der Waals surface area contributed by atoms with Crippen LogP contribution in [0.2, 0.25) is 0 Å². The predicted molar refractivity (Wildman–Crippen MR) is 65.2 cm³/mol. The summed E-state index contributed by atoms with van der Waals surface area (Å²) in [5.41, 5.74) is 1.76. The third-order valence-electron chi connectivity index (χ3n) is 3.25. The van der Waals surface area contributed by atoms with Gasteiger partial charge in [-0.25, -0.2) is 9.78 Å². The molecule has 0 aromatic carbocycles. The summed E-state index contributed by atoms with van der Waals surface area (Å²) in [6.07, 6.45) is 6.66. The van der Waals surface area contributed by atoms with Crippen molar-refractivity contribution in [3.05, 3.63) is 29.7 Å². The second kappa shape index (κ2) is 4.01. The van der Waals surface area contributed by atoms with Crippen molar-refractivity contribution in [2.24, 2.45) is 0 Å². The van der Waals surface area contributed by atoms with Crippen LogP contribution in [0.1, 0.15) is 35.3 Å². The van der Waals surface area contributed by atoms with E-state index in [1.807, 2.05) is 6.92 Å². The number of aryl methyl sites for hydroxylation is 1. The topological polar surface area (TPSA) is 63.8 Å². The summed E-state index contributed by atoms with van der Waals surface area (Å²) in [5, 5.41) is 9.22. The molecule has 2 aromatic rings. The van der Waals surface area contributed by atoms with Gasteiger partial charge < -0.3 is 14.2 Å². The number of nitrogens with zero attached hydrogens (tertiary/aromatic N) is 2. The Morgan fingerprint density at radius 1 is 1.50 bits per heavy atom. The summed E-state index contributed by atoms with van der Waals surface area (Å²) in [6.45, 7) is 1.87. The monoisotopic (exact) mass is 246 g/mol. The molecule has 1 aliphatic rings. The lowest BCUT2D eigenvalue weighted by Gasteiger charge is -2.27. The van der Waals surface area contributed by atoms with Crippen molar-refractivity contribution < 1.29 is 14.6 Å². The minimum absolute atomic E-state index is 0.154. The Bertz CT molecular complexity index is 614. The third kappa shape index (κ3) is 1.81. The average Bonchev–Trinajstić information content (AvgIpc) is 2.61. The number of ether oxygens (including phenoxy) is 1. The minimum atomic E-state index is -0.974. The molecule has 5 nitrogen and oxygen atoms in total. The van der Waals surface area contributed by atoms with Crippen LogP contribution in [0.25, 0.3) is 5.65 Å². The summed E-state index contributed by atoms with van der Waals surface area (Å²) < 4.78 is 7.44. The molecule has 0 unspecified atom stereocenters. The number of aromatic carboxylic acids is 1. The van der Waals surface area contributed by atoms with E-state index in [2.05, 4.69) is 4.98 Å². The highest BCUT2D eigenvalue weighted by molar-refractivity contribution is 5.91. The zero-order chi connectivity index (χ0) is 12.7. The van der Waals surface area contributed by atoms with Crippen molar-refractivity contribution >= 4 is 11.6 Å². The van der Waals surface area contributed by atoms with Gasteiger partial charge in [-0.05, 0) is 26.2 Å². The van der Waals surface area contributed by atoms with Crippen LogP contribution in [0, 0.1) is 6.92 Å². The van der Waals surface area contributed by atoms with Gasteiger partial charge in [-0.1, -0.05) is 0 Å². The van der Waals surface area contributed by atoms with Crippen molar-refractivity contribution in [2.45, 2.75) is 32.3 Å². The Labute approximate surface area is 104 Å². The molecule has 1 N–H and O–H groups in total. The zero-order valence-corrected chi connectivity index (χ0v) is 10.1. The van der Waals surface area contributed by atoms with E-state index in [0.717, 1.165) is 25.0 Å². The first kappa shape index (κ1) is 11.1. The Morgan fingerprint density at radius 3 is 2.89 bits per heavy atom. The highest BCUT2D eigenvalue weighted by Crippen LogP contribution is 2.28. The molecule has 0 bridgehead atoms. The molecule has 18 heavy (non-hydrogen) atoms. The summed E-state index contributed by atoms with van der Waals surface area (Å²) in [4.78, 5) is 15.6. The normalized spacial score (nSPS) is 15.6. The van der Waals surface area contributed by atoms with Crippen LogP contribution < -0.4 is 4.74 Å². The Morgan fingerprint density at radius 2 is 2.28 bits per heavy atom. The van der Waals surface area contributed by atoms with E-state index in [0.29, 0.717) is 11.4 Å². The van der Waals surface area contributed by atoms with Crippen LogP contribution in [-0.2, 0) is 0 Å². The van der Waals surface area contributed by atoms with Gasteiger partial charge in [0, 0.05) is 18.5 Å². The number of carboxylic acids is 1. The van der Waals surface area contributed by atoms with Gasteiger partial charge in [-0.3, -0.25) is 0 Å². The maximum absolute atomic E-state index is 11.2. The molecule has 0 aliphatic heterocycles. The van der Waals surface area contributed by atoms with E-state index in [1.54, 1.807) is 22.9 Å². The number of hydrogen-bond donors (Lipinski definition) is 1. The van der Waals surface area contributed by atoms with E-state index < -0.39 is 5.97 Å². The number of imidazole rings is 1. The second-order valence-corrected chi connectivity index (χ2v) is 4.68. The number of hydrogen-bond acceptors (Lipinski definition) is 3. The van der Waals surface area contributed by atoms with Crippen LogP contribution in [0.5, 0.6) is 5.75 Å². The van der Waals surface area contributed by atoms with Gasteiger partial charge in [0.1, 0.15) is 17.0 Å². The summed E-state index contributed by atoms with van der Waals surface area (Å²) in [5.74, 6) is -0.553. The highest BCUT2D eigenvalue weighted by atomic mass is 16.5. The first-order valence-corrected chi connectivity index (χ1v) is 6.03. The number of pyridine rings is 1. The first-order chi connectivity index (χ1) is 8.63. The van der Waals surface area contributed by atoms with Gasteiger partial charge >= 0.3 is 5.97 Å². The first-order valence-electron chi connectivity index (χ1n) is 6.03. The lowest BCUT2D eigenvalue weighted by molar-refractivity contribution is 0.0679. The maximum Gasteiger partial charge on any atom is 0.341 e. The number of rotatable bonds is 3. The molecule has 0 amide bonds. The van der Waals surface area contributed by atoms with Gasteiger partial charge in [-0.15, -0.1) is 0 Å². The molecule has 3 rings (SSSR count). The van der Waals surface area contributed by atoms with Gasteiger partial charge in [0.25, 0.3) is 0 Å². The SMILES string of the molecule is Cc1cn2cc(C(=O)O)c(OC3CCC3)cc2n1. The van der Waals surface area contributed by atoms with E-state index >= 15 is 0 Å². The standard InChI is InChI=1S/C13H14N2O3/c1-8-6-15-7-10(13(16)17)11(5-12(15)14-8)18-9-3-2-4-9/h5-7,9H,2-4H2,1H3,(H,16,17). The van der Waals surface area contributed by atoms with Crippen LogP contribution in [-0.4, -0.2) is 26.6 Å². The molecular formula is C13H14N2O3. The van der Waals surface area contributed by atoms with Gasteiger partial charge in [0.15, 0.2) is 0 Å². The zero-order valence-electron chi connectivity index (χ0n) is 10.1. The fourth-order valence-corrected chi connectivity index (χ4v) is 2.07. The molecule has 2 heterocycles. The molecule has 2 aromatic heterocycles. The van der Waals surface area contributed by atoms with Crippen molar-refractivity contribution in [3.63, 3.8) is 0 Å². The molecule has 0 radical (unpaired) electrons. The quantitative estimate of drug-likeness (QED) is 0.902. The van der Waals surface area contributed by atoms with E-state index in [9.17, 15) is 9.90 Å². The van der Waals surface area contributed by atoms with Crippen molar-refractivity contribution in [1.29, 1.82) is 0 Å². The van der Waals surface area contributed by atoms with Gasteiger partial charge in [0.2, 0.25) is 0 Å². The van der Waals surface area contributed by atoms with Crippen LogP contribution in [0.4, 0.5) is 0 Å². The minimum Gasteiger partial charge on any atom is -0.489 e. The number of carboxylic acid groups (broad SMARTS) is 1. The van der Waals surface area contributed by atoms with Gasteiger partial charge in [0.05, 0.1) is 11.8 Å². The van der Waals surface area contributed by atoms with Crippen molar-refractivity contribution in [2.75, 3.05) is 0 Å². The molecule has 1 saturated carbocycles. The second-order valence-electron chi connectivity index (χ2n) is 4.68. The smallest absolute Gasteiger partial charge is 0.341 e. The summed E-state index contributed by atoms with van der Waals surface area (Å²) >= 11 is 0. The van der Waals surface area contributed by atoms with E-state index in [4.69, 9.17) is 4.74 Å². The molecule has 5 heteroatoms. The van der Waals surface area contributed by atoms with Gasteiger partial charge in [-0.2, -0.15) is 0 Å². The average molecular weight is 246 g/mol. The van der Waals surface area contributed by atoms with Crippen molar-refractivity contribution in [3.8, 4) is 5.75 Å². The highest BCUT2D eigenvalue weighted by Gasteiger charge is 2.22. The largest absolute Gasteiger partial charge is 0.489 e. The van der Waals surface area contributed by atoms with Crippen molar-refractivity contribution in [1.82, 2.24) is 9.38 Å². The Balaban J connectivity index is 2.07. The van der Waals surface area contributed by atoms with Crippen LogP contribution >= 0.6 is 0 Å². The number of carbonyl (C=O) groups is 1. The molecule has 94 valence electrons. The molecule has 0 spiro atoms. The van der Waals surface area contributed by atoms with E-state index in [-0.39, 0.29) is 11.7 Å². The fraction of sp³-hybridized carbons (Fsp3) is 0.385. The lowest BCUT2D eigenvalue weighted by Crippen LogP contribution is -2.25.